The number of carbonyl (C=O) groups excluding carboxylic acids is 2. The zero-order valence-corrected chi connectivity index (χ0v) is 18.8. The number of Topliss-reactive ketones (excluding diaryl/α,β-unsaturated/α-hetero) is 1. The van der Waals surface area contributed by atoms with Crippen molar-refractivity contribution < 1.29 is 14.3 Å². The molecule has 1 aliphatic heterocycles. The van der Waals surface area contributed by atoms with Crippen molar-refractivity contribution in [2.24, 2.45) is 5.41 Å². The fraction of sp³-hybridized carbons (Fsp3) is 0.565. The van der Waals surface area contributed by atoms with Crippen molar-refractivity contribution in [2.45, 2.75) is 72.6 Å². The molecule has 1 aliphatic carbocycles. The highest BCUT2D eigenvalue weighted by Gasteiger charge is 2.43. The molecule has 0 bridgehead atoms. The first-order valence-electron chi connectivity index (χ1n) is 9.96. The first kappa shape index (κ1) is 20.8. The van der Waals surface area contributed by atoms with Crippen molar-refractivity contribution in [3.05, 3.63) is 44.4 Å². The number of carbonyl (C=O) groups is 2. The van der Waals surface area contributed by atoms with Gasteiger partial charge in [-0.15, -0.1) is 11.3 Å². The molecule has 28 heavy (non-hydrogen) atoms. The van der Waals surface area contributed by atoms with Gasteiger partial charge in [-0.3, -0.25) is 4.79 Å². The topological polar surface area (TPSA) is 55.4 Å². The summed E-state index contributed by atoms with van der Waals surface area (Å²) in [5, 5.41) is 3.37. The van der Waals surface area contributed by atoms with Crippen molar-refractivity contribution >= 4 is 23.1 Å². The van der Waals surface area contributed by atoms with Gasteiger partial charge in [0.1, 0.15) is 0 Å². The Morgan fingerprint density at radius 3 is 2.54 bits per heavy atom. The van der Waals surface area contributed by atoms with Crippen LogP contribution >= 0.6 is 11.3 Å². The summed E-state index contributed by atoms with van der Waals surface area (Å²) in [5.41, 5.74) is 3.00. The molecule has 0 spiro atoms. The third-order valence-corrected chi connectivity index (χ3v) is 6.96. The molecule has 152 valence electrons. The zero-order valence-electron chi connectivity index (χ0n) is 18.0. The van der Waals surface area contributed by atoms with Crippen LogP contribution in [0.3, 0.4) is 0 Å². The number of nitrogens with one attached hydrogen (secondary N) is 1. The second-order valence-corrected chi connectivity index (χ2v) is 10.7. The van der Waals surface area contributed by atoms with E-state index in [1.807, 2.05) is 6.92 Å². The third-order valence-electron chi connectivity index (χ3n) is 5.39. The molecule has 0 unspecified atom stereocenters. The van der Waals surface area contributed by atoms with Crippen LogP contribution in [-0.4, -0.2) is 18.4 Å². The normalized spacial score (nSPS) is 22.1. The van der Waals surface area contributed by atoms with E-state index in [9.17, 15) is 9.59 Å². The predicted molar refractivity (Wildman–Crippen MR) is 113 cm³/mol. The van der Waals surface area contributed by atoms with E-state index in [1.165, 1.54) is 4.88 Å². The number of rotatable bonds is 3. The molecule has 1 aromatic heterocycles. The summed E-state index contributed by atoms with van der Waals surface area (Å²) in [7, 11) is 0. The van der Waals surface area contributed by atoms with Gasteiger partial charge in [0.25, 0.3) is 0 Å². The van der Waals surface area contributed by atoms with Gasteiger partial charge in [0.15, 0.2) is 5.78 Å². The largest absolute Gasteiger partial charge is 0.463 e. The van der Waals surface area contributed by atoms with Crippen molar-refractivity contribution in [3.63, 3.8) is 0 Å². The first-order chi connectivity index (χ1) is 12.9. The van der Waals surface area contributed by atoms with Gasteiger partial charge in [0.2, 0.25) is 0 Å². The van der Waals surface area contributed by atoms with E-state index in [2.05, 4.69) is 52.1 Å². The smallest absolute Gasteiger partial charge is 0.336 e. The van der Waals surface area contributed by atoms with Crippen LogP contribution in [-0.2, 0) is 19.7 Å². The molecule has 0 saturated carbocycles. The molecular formula is C23H31NO3S. The second-order valence-electron chi connectivity index (χ2n) is 9.60. The van der Waals surface area contributed by atoms with Gasteiger partial charge in [-0.2, -0.15) is 0 Å². The summed E-state index contributed by atoms with van der Waals surface area (Å²) in [6.45, 7) is 14.8. The van der Waals surface area contributed by atoms with E-state index in [-0.39, 0.29) is 28.5 Å². The van der Waals surface area contributed by atoms with Gasteiger partial charge in [-0.25, -0.2) is 4.79 Å². The molecule has 2 heterocycles. The lowest BCUT2D eigenvalue weighted by atomic mass is 9.70. The SMILES string of the molecule is CCOC(=O)C1=C(C)NC2=C(C(=O)CC(C)(C)C2)[C@H]1c1ccc(C(C)(C)C)s1. The number of dihydropyridines is 1. The molecular weight excluding hydrogens is 370 g/mol. The van der Waals surface area contributed by atoms with E-state index < -0.39 is 0 Å². The lowest BCUT2D eigenvalue weighted by Gasteiger charge is -2.39. The van der Waals surface area contributed by atoms with Crippen LogP contribution in [0.2, 0.25) is 0 Å². The summed E-state index contributed by atoms with van der Waals surface area (Å²) in [4.78, 5) is 28.3. The van der Waals surface area contributed by atoms with E-state index in [4.69, 9.17) is 4.74 Å². The third kappa shape index (κ3) is 3.82. The highest BCUT2D eigenvalue weighted by Crippen LogP contribution is 2.48. The van der Waals surface area contributed by atoms with E-state index in [0.29, 0.717) is 18.6 Å². The molecule has 2 aliphatic rings. The van der Waals surface area contributed by atoms with Crippen LogP contribution in [0.1, 0.15) is 77.0 Å². The van der Waals surface area contributed by atoms with Gasteiger partial charge in [-0.05, 0) is 43.2 Å². The average molecular weight is 402 g/mol. The summed E-state index contributed by atoms with van der Waals surface area (Å²) in [5.74, 6) is -0.559. The summed E-state index contributed by atoms with van der Waals surface area (Å²) < 4.78 is 5.37. The molecule has 1 atom stereocenters. The van der Waals surface area contributed by atoms with Crippen LogP contribution < -0.4 is 5.32 Å². The quantitative estimate of drug-likeness (QED) is 0.706. The Balaban J connectivity index is 2.17. The van der Waals surface area contributed by atoms with Gasteiger partial charge in [0.05, 0.1) is 18.1 Å². The minimum atomic E-state index is -0.347. The fourth-order valence-electron chi connectivity index (χ4n) is 4.11. The first-order valence-corrected chi connectivity index (χ1v) is 10.8. The van der Waals surface area contributed by atoms with Crippen molar-refractivity contribution in [1.82, 2.24) is 5.32 Å². The van der Waals surface area contributed by atoms with Crippen LogP contribution in [0, 0.1) is 5.41 Å². The second kappa shape index (κ2) is 7.18. The number of ether oxygens (including phenoxy) is 1. The molecule has 3 rings (SSSR count). The Morgan fingerprint density at radius 2 is 1.96 bits per heavy atom. The van der Waals surface area contributed by atoms with E-state index in [0.717, 1.165) is 28.3 Å². The van der Waals surface area contributed by atoms with Crippen LogP contribution in [0.5, 0.6) is 0 Å². The lowest BCUT2D eigenvalue weighted by Crippen LogP contribution is -2.38. The summed E-state index contributed by atoms with van der Waals surface area (Å²) in [6.07, 6.45) is 1.30. The zero-order chi connectivity index (χ0) is 20.9. The molecule has 5 heteroatoms. The van der Waals surface area contributed by atoms with Crippen molar-refractivity contribution in [1.29, 1.82) is 0 Å². The minimum Gasteiger partial charge on any atom is -0.463 e. The molecule has 1 aromatic rings. The monoisotopic (exact) mass is 401 g/mol. The maximum atomic E-state index is 13.2. The predicted octanol–water partition coefficient (Wildman–Crippen LogP) is 5.21. The number of esters is 1. The van der Waals surface area contributed by atoms with E-state index >= 15 is 0 Å². The Kier molecular flexibility index (Phi) is 5.34. The maximum absolute atomic E-state index is 13.2. The van der Waals surface area contributed by atoms with Gasteiger partial charge in [0, 0.05) is 33.1 Å². The highest BCUT2D eigenvalue weighted by atomic mass is 32.1. The molecule has 4 nitrogen and oxygen atoms in total. The molecule has 0 fully saturated rings. The van der Waals surface area contributed by atoms with Crippen molar-refractivity contribution in [2.75, 3.05) is 6.61 Å². The number of ketones is 1. The van der Waals surface area contributed by atoms with Gasteiger partial charge in [-0.1, -0.05) is 34.6 Å². The number of allylic oxidation sites excluding steroid dienone is 3. The highest BCUT2D eigenvalue weighted by molar-refractivity contribution is 7.12. The Labute approximate surface area is 172 Å². The van der Waals surface area contributed by atoms with Crippen LogP contribution in [0.25, 0.3) is 0 Å². The standard InChI is InChI=1S/C23H31NO3S/c1-8-27-21(26)18-13(2)24-14-11-23(6,7)12-15(25)19(14)20(18)16-9-10-17(28-16)22(3,4)5/h9-10,20,24H,8,11-12H2,1-7H3/t20-/m0/s1. The molecule has 1 N–H and O–H groups in total. The van der Waals surface area contributed by atoms with Crippen LogP contribution in [0.15, 0.2) is 34.7 Å². The minimum absolute atomic E-state index is 0.0223. The number of thiophene rings is 1. The Bertz CT molecular complexity index is 880. The van der Waals surface area contributed by atoms with Gasteiger partial charge >= 0.3 is 5.97 Å². The van der Waals surface area contributed by atoms with E-state index in [1.54, 1.807) is 18.3 Å². The Morgan fingerprint density at radius 1 is 1.29 bits per heavy atom. The molecule has 0 amide bonds. The molecule has 0 radical (unpaired) electrons. The average Bonchev–Trinajstić information content (AvgIpc) is 3.02. The fourth-order valence-corrected chi connectivity index (χ4v) is 5.30. The summed E-state index contributed by atoms with van der Waals surface area (Å²) in [6, 6.07) is 4.20. The maximum Gasteiger partial charge on any atom is 0.336 e. The Hall–Kier alpha value is -1.88. The number of hydrogen-bond acceptors (Lipinski definition) is 5. The van der Waals surface area contributed by atoms with Crippen LogP contribution in [0.4, 0.5) is 0 Å². The van der Waals surface area contributed by atoms with Crippen molar-refractivity contribution in [3.8, 4) is 0 Å². The van der Waals surface area contributed by atoms with Gasteiger partial charge < -0.3 is 10.1 Å². The molecule has 0 aromatic carbocycles. The molecule has 0 saturated heterocycles. The number of hydrogen-bond donors (Lipinski definition) is 1. The lowest BCUT2D eigenvalue weighted by molar-refractivity contribution is -0.138. The summed E-state index contributed by atoms with van der Waals surface area (Å²) >= 11 is 1.69.